The van der Waals surface area contributed by atoms with Gasteiger partial charge in [-0.3, -0.25) is 0 Å². The first kappa shape index (κ1) is 13.5. The van der Waals surface area contributed by atoms with E-state index in [-0.39, 0.29) is 17.7 Å². The van der Waals surface area contributed by atoms with Gasteiger partial charge in [0.2, 0.25) is 5.82 Å². The standard InChI is InChI=1S/C13H8F4N4/c14-9-4-2-1-3-8(9)6-21-7-19-10-5-18-12(13(15,16)17)20-11(10)21/h1-5,7H,6H2. The minimum Gasteiger partial charge on any atom is -0.311 e. The Morgan fingerprint density at radius 3 is 2.57 bits per heavy atom. The van der Waals surface area contributed by atoms with Crippen molar-refractivity contribution < 1.29 is 17.6 Å². The van der Waals surface area contributed by atoms with Crippen molar-refractivity contribution in [1.29, 1.82) is 0 Å². The van der Waals surface area contributed by atoms with Crippen LogP contribution < -0.4 is 0 Å². The molecule has 8 heteroatoms. The van der Waals surface area contributed by atoms with Crippen molar-refractivity contribution in [2.45, 2.75) is 12.7 Å². The highest BCUT2D eigenvalue weighted by Gasteiger charge is 2.35. The molecule has 0 aliphatic rings. The summed E-state index contributed by atoms with van der Waals surface area (Å²) in [5.74, 6) is -1.69. The third kappa shape index (κ3) is 2.56. The average molecular weight is 296 g/mol. The van der Waals surface area contributed by atoms with Crippen molar-refractivity contribution in [1.82, 2.24) is 19.5 Å². The van der Waals surface area contributed by atoms with Gasteiger partial charge in [-0.25, -0.2) is 19.3 Å². The Hall–Kier alpha value is -2.51. The number of hydrogen-bond acceptors (Lipinski definition) is 3. The maximum atomic E-state index is 13.6. The van der Waals surface area contributed by atoms with E-state index in [0.29, 0.717) is 5.56 Å². The first-order chi connectivity index (χ1) is 9.95. The number of halogens is 4. The third-order valence-corrected chi connectivity index (χ3v) is 2.91. The van der Waals surface area contributed by atoms with Crippen LogP contribution in [0.5, 0.6) is 0 Å². The van der Waals surface area contributed by atoms with Gasteiger partial charge in [-0.05, 0) is 6.07 Å². The smallest absolute Gasteiger partial charge is 0.311 e. The fourth-order valence-electron chi connectivity index (χ4n) is 1.92. The zero-order chi connectivity index (χ0) is 15.0. The minimum absolute atomic E-state index is 0.0144. The molecule has 0 aliphatic carbocycles. The highest BCUT2D eigenvalue weighted by atomic mass is 19.4. The van der Waals surface area contributed by atoms with Crippen LogP contribution in [0.15, 0.2) is 36.8 Å². The first-order valence-corrected chi connectivity index (χ1v) is 5.93. The maximum absolute atomic E-state index is 13.6. The second kappa shape index (κ2) is 4.80. The molecule has 1 aromatic carbocycles. The Labute approximate surface area is 116 Å². The van der Waals surface area contributed by atoms with Crippen LogP contribution in [0.2, 0.25) is 0 Å². The van der Waals surface area contributed by atoms with Gasteiger partial charge >= 0.3 is 6.18 Å². The van der Waals surface area contributed by atoms with E-state index >= 15 is 0 Å². The van der Waals surface area contributed by atoms with E-state index in [9.17, 15) is 17.6 Å². The molecule has 0 N–H and O–H groups in total. The zero-order valence-corrected chi connectivity index (χ0v) is 10.5. The molecule has 0 radical (unpaired) electrons. The van der Waals surface area contributed by atoms with Crippen LogP contribution in [0.25, 0.3) is 11.2 Å². The monoisotopic (exact) mass is 296 g/mol. The molecule has 0 amide bonds. The first-order valence-electron chi connectivity index (χ1n) is 5.93. The SMILES string of the molecule is Fc1ccccc1Cn1cnc2cnc(C(F)(F)F)nc21. The maximum Gasteiger partial charge on any atom is 0.451 e. The zero-order valence-electron chi connectivity index (χ0n) is 10.5. The van der Waals surface area contributed by atoms with Crippen molar-refractivity contribution in [2.75, 3.05) is 0 Å². The van der Waals surface area contributed by atoms with Crippen molar-refractivity contribution in [3.05, 3.63) is 54.0 Å². The molecule has 4 nitrogen and oxygen atoms in total. The summed E-state index contributed by atoms with van der Waals surface area (Å²) in [6.45, 7) is 0.0392. The molecule has 0 saturated carbocycles. The van der Waals surface area contributed by atoms with Crippen molar-refractivity contribution in [2.24, 2.45) is 0 Å². The van der Waals surface area contributed by atoms with Gasteiger partial charge in [0.05, 0.1) is 19.1 Å². The van der Waals surface area contributed by atoms with Gasteiger partial charge in [0.25, 0.3) is 0 Å². The van der Waals surface area contributed by atoms with Crippen molar-refractivity contribution in [3.8, 4) is 0 Å². The fourth-order valence-corrected chi connectivity index (χ4v) is 1.92. The molecule has 3 aromatic rings. The summed E-state index contributed by atoms with van der Waals surface area (Å²) in [7, 11) is 0. The highest BCUT2D eigenvalue weighted by molar-refractivity contribution is 5.69. The average Bonchev–Trinajstić information content (AvgIpc) is 2.83. The second-order valence-electron chi connectivity index (χ2n) is 4.36. The Morgan fingerprint density at radius 1 is 1.10 bits per heavy atom. The normalized spacial score (nSPS) is 12.0. The van der Waals surface area contributed by atoms with Gasteiger partial charge in [0.1, 0.15) is 11.3 Å². The Bertz CT molecular complexity index is 794. The van der Waals surface area contributed by atoms with Crippen molar-refractivity contribution >= 4 is 11.2 Å². The lowest BCUT2D eigenvalue weighted by molar-refractivity contribution is -0.144. The molecular formula is C13H8F4N4. The lowest BCUT2D eigenvalue weighted by Crippen LogP contribution is -2.12. The van der Waals surface area contributed by atoms with Crippen LogP contribution in [-0.2, 0) is 12.7 Å². The van der Waals surface area contributed by atoms with Gasteiger partial charge in [-0.1, -0.05) is 18.2 Å². The van der Waals surface area contributed by atoms with Crippen molar-refractivity contribution in [3.63, 3.8) is 0 Å². The molecule has 0 spiro atoms. The number of hydrogen-bond donors (Lipinski definition) is 0. The van der Waals surface area contributed by atoms with Gasteiger partial charge in [-0.2, -0.15) is 13.2 Å². The van der Waals surface area contributed by atoms with Crippen LogP contribution in [-0.4, -0.2) is 19.5 Å². The van der Waals surface area contributed by atoms with Gasteiger partial charge in [-0.15, -0.1) is 0 Å². The van der Waals surface area contributed by atoms with E-state index in [1.165, 1.54) is 23.0 Å². The summed E-state index contributed by atoms with van der Waals surface area (Å²) in [6, 6.07) is 6.01. The summed E-state index contributed by atoms with van der Waals surface area (Å²) >= 11 is 0. The van der Waals surface area contributed by atoms with Gasteiger partial charge in [0.15, 0.2) is 5.65 Å². The predicted molar refractivity (Wildman–Crippen MR) is 65.8 cm³/mol. The quantitative estimate of drug-likeness (QED) is 0.683. The molecular weight excluding hydrogens is 288 g/mol. The van der Waals surface area contributed by atoms with E-state index in [1.807, 2.05) is 0 Å². The molecule has 2 heterocycles. The largest absolute Gasteiger partial charge is 0.451 e. The topological polar surface area (TPSA) is 43.6 Å². The molecule has 0 aliphatic heterocycles. The second-order valence-corrected chi connectivity index (χ2v) is 4.36. The van der Waals surface area contributed by atoms with Crippen LogP contribution in [0, 0.1) is 5.82 Å². The van der Waals surface area contributed by atoms with E-state index < -0.39 is 17.8 Å². The molecule has 0 unspecified atom stereocenters. The van der Waals surface area contributed by atoms with Crippen LogP contribution in [0.1, 0.15) is 11.4 Å². The molecule has 0 saturated heterocycles. The molecule has 0 fully saturated rings. The fraction of sp³-hybridized carbons (Fsp3) is 0.154. The Morgan fingerprint density at radius 2 is 1.86 bits per heavy atom. The summed E-state index contributed by atoms with van der Waals surface area (Å²) in [6.07, 6.45) is -2.32. The molecule has 21 heavy (non-hydrogen) atoms. The lowest BCUT2D eigenvalue weighted by atomic mass is 10.2. The number of fused-ring (bicyclic) bond motifs is 1. The summed E-state index contributed by atoms with van der Waals surface area (Å²) in [4.78, 5) is 10.6. The van der Waals surface area contributed by atoms with Crippen LogP contribution in [0.4, 0.5) is 17.6 Å². The molecule has 0 bridgehead atoms. The molecule has 108 valence electrons. The van der Waals surface area contributed by atoms with E-state index in [4.69, 9.17) is 0 Å². The lowest BCUT2D eigenvalue weighted by Gasteiger charge is -2.07. The summed E-state index contributed by atoms with van der Waals surface area (Å²) < 4.78 is 52.8. The summed E-state index contributed by atoms with van der Waals surface area (Å²) in [5, 5.41) is 0. The molecule has 2 aromatic heterocycles. The van der Waals surface area contributed by atoms with Gasteiger partial charge < -0.3 is 4.57 Å². The van der Waals surface area contributed by atoms with E-state index in [2.05, 4.69) is 15.0 Å². The molecule has 0 atom stereocenters. The van der Waals surface area contributed by atoms with E-state index in [0.717, 1.165) is 6.20 Å². The number of alkyl halides is 3. The molecule has 3 rings (SSSR count). The minimum atomic E-state index is -4.64. The van der Waals surface area contributed by atoms with E-state index in [1.54, 1.807) is 12.1 Å². The van der Waals surface area contributed by atoms with Gasteiger partial charge in [0, 0.05) is 5.56 Å². The number of benzene rings is 1. The predicted octanol–water partition coefficient (Wildman–Crippen LogP) is 3.03. The summed E-state index contributed by atoms with van der Waals surface area (Å²) in [5.41, 5.74) is 0.573. The van der Waals surface area contributed by atoms with Crippen LogP contribution in [0.3, 0.4) is 0 Å². The Balaban J connectivity index is 2.05. The Kier molecular flexibility index (Phi) is 3.08. The number of imidazole rings is 1. The number of nitrogens with zero attached hydrogens (tertiary/aromatic N) is 4. The third-order valence-electron chi connectivity index (χ3n) is 2.91. The van der Waals surface area contributed by atoms with Crippen LogP contribution >= 0.6 is 0 Å². The number of aromatic nitrogens is 4. The number of rotatable bonds is 2. The highest BCUT2D eigenvalue weighted by Crippen LogP contribution is 2.27.